The van der Waals surface area contributed by atoms with Crippen molar-refractivity contribution in [3.05, 3.63) is 33.4 Å². The number of unbranched alkanes of at least 4 members (excludes halogenated alkanes) is 3. The molecule has 0 fully saturated rings. The Balaban J connectivity index is 2.66. The molecule has 2 aromatic carbocycles. The van der Waals surface area contributed by atoms with E-state index in [0.29, 0.717) is 12.8 Å². The third-order valence-corrected chi connectivity index (χ3v) is 6.34. The van der Waals surface area contributed by atoms with Gasteiger partial charge in [-0.05, 0) is 26.7 Å². The minimum atomic E-state index is -0.625. The minimum absolute atomic E-state index is 0.0128. The van der Waals surface area contributed by atoms with Crippen LogP contribution in [0.3, 0.4) is 0 Å². The Morgan fingerprint density at radius 3 is 1.74 bits per heavy atom. The van der Waals surface area contributed by atoms with Crippen molar-refractivity contribution in [1.29, 1.82) is 0 Å². The van der Waals surface area contributed by atoms with Gasteiger partial charge in [-0.25, -0.2) is 0 Å². The lowest BCUT2D eigenvalue weighted by Gasteiger charge is -2.20. The van der Waals surface area contributed by atoms with Gasteiger partial charge in [-0.2, -0.15) is 0 Å². The van der Waals surface area contributed by atoms with Gasteiger partial charge in [0.05, 0.1) is 7.11 Å². The Morgan fingerprint density at radius 2 is 1.20 bits per heavy atom. The van der Waals surface area contributed by atoms with Crippen molar-refractivity contribution in [1.82, 2.24) is 0 Å². The third-order valence-electron chi connectivity index (χ3n) is 6.34. The van der Waals surface area contributed by atoms with Crippen molar-refractivity contribution in [3.63, 3.8) is 0 Å². The maximum Gasteiger partial charge on any atom is 0.170 e. The molecule has 0 bridgehead atoms. The van der Waals surface area contributed by atoms with Crippen LogP contribution in [0.1, 0.15) is 102 Å². The van der Waals surface area contributed by atoms with Gasteiger partial charge in [0.25, 0.3) is 0 Å². The molecular weight excluding hydrogens is 452 g/mol. The highest BCUT2D eigenvalue weighted by Crippen LogP contribution is 2.48. The maximum atomic E-state index is 12.8. The van der Waals surface area contributed by atoms with Gasteiger partial charge in [0, 0.05) is 41.5 Å². The number of benzene rings is 2. The Bertz CT molecular complexity index is 1120. The van der Waals surface area contributed by atoms with E-state index in [2.05, 4.69) is 0 Å². The second kappa shape index (κ2) is 11.8. The van der Waals surface area contributed by atoms with E-state index in [1.165, 1.54) is 21.0 Å². The molecule has 2 rings (SSSR count). The van der Waals surface area contributed by atoms with E-state index in [1.54, 1.807) is 0 Å². The zero-order chi connectivity index (χ0) is 26.4. The van der Waals surface area contributed by atoms with Crippen LogP contribution < -0.4 is 4.74 Å². The number of Topliss-reactive ketones (excluding diaryl/α,β-unsaturated/α-hetero) is 2. The van der Waals surface area contributed by atoms with E-state index in [4.69, 9.17) is 4.74 Å². The average molecular weight is 489 g/mol. The topological polar surface area (TPSA) is 145 Å². The number of carbonyl (C=O) groups is 2. The number of rotatable bonds is 12. The van der Waals surface area contributed by atoms with Crippen LogP contribution >= 0.6 is 0 Å². The second-order valence-electron chi connectivity index (χ2n) is 8.82. The minimum Gasteiger partial charge on any atom is -0.507 e. The zero-order valence-electron chi connectivity index (χ0n) is 21.1. The van der Waals surface area contributed by atoms with Crippen LogP contribution in [0, 0.1) is 13.8 Å². The van der Waals surface area contributed by atoms with Crippen molar-refractivity contribution < 1.29 is 39.9 Å². The van der Waals surface area contributed by atoms with Crippen LogP contribution in [0.2, 0.25) is 0 Å². The lowest BCUT2D eigenvalue weighted by Crippen LogP contribution is -2.08. The van der Waals surface area contributed by atoms with Gasteiger partial charge in [-0.3, -0.25) is 9.59 Å². The predicted molar refractivity (Wildman–Crippen MR) is 132 cm³/mol. The number of ether oxygens (including phenoxy) is 1. The van der Waals surface area contributed by atoms with Crippen molar-refractivity contribution >= 4 is 11.6 Å². The predicted octanol–water partition coefficient (Wildman–Crippen LogP) is 5.57. The van der Waals surface area contributed by atoms with Gasteiger partial charge >= 0.3 is 0 Å². The molecular formula is C27H36O8. The zero-order valence-corrected chi connectivity index (χ0v) is 21.1. The number of carbonyl (C=O) groups excluding carboxylic acids is 2. The molecule has 0 saturated heterocycles. The number of ketones is 2. The molecule has 0 amide bonds. The van der Waals surface area contributed by atoms with E-state index in [9.17, 15) is 35.1 Å². The molecule has 0 atom stereocenters. The normalized spacial score (nSPS) is 11.0. The standard InChI is InChI=1S/C27H36O8/c1-6-8-9-10-12-19(29)20-24(32)14(3)22(30)16(25(20)33)13-17-23(31)15(4)27(35-5)21(26(17)34)18(28)11-7-2/h30-34H,6-13H2,1-5H3. The molecule has 2 aromatic rings. The van der Waals surface area contributed by atoms with E-state index < -0.39 is 35.2 Å². The largest absolute Gasteiger partial charge is 0.507 e. The molecule has 0 aliphatic heterocycles. The summed E-state index contributed by atoms with van der Waals surface area (Å²) >= 11 is 0. The highest BCUT2D eigenvalue weighted by atomic mass is 16.5. The Morgan fingerprint density at radius 1 is 0.657 bits per heavy atom. The fourth-order valence-electron chi connectivity index (χ4n) is 4.27. The lowest BCUT2D eigenvalue weighted by atomic mass is 9.89. The molecule has 0 aliphatic carbocycles. The molecule has 0 aromatic heterocycles. The Hall–Kier alpha value is -3.42. The fraction of sp³-hybridized carbons (Fsp3) is 0.481. The highest BCUT2D eigenvalue weighted by Gasteiger charge is 2.30. The molecule has 8 nitrogen and oxygen atoms in total. The van der Waals surface area contributed by atoms with Crippen LogP contribution in [-0.4, -0.2) is 44.2 Å². The molecule has 0 radical (unpaired) electrons. The highest BCUT2D eigenvalue weighted by molar-refractivity contribution is 6.03. The first-order valence-corrected chi connectivity index (χ1v) is 12.0. The molecule has 0 aliphatic rings. The molecule has 192 valence electrons. The fourth-order valence-corrected chi connectivity index (χ4v) is 4.27. The van der Waals surface area contributed by atoms with Gasteiger partial charge in [-0.15, -0.1) is 0 Å². The van der Waals surface area contributed by atoms with Crippen LogP contribution in [0.25, 0.3) is 0 Å². The summed E-state index contributed by atoms with van der Waals surface area (Å²) in [6, 6.07) is 0. The smallest absolute Gasteiger partial charge is 0.170 e. The van der Waals surface area contributed by atoms with Crippen molar-refractivity contribution in [2.75, 3.05) is 7.11 Å². The molecule has 0 unspecified atom stereocenters. The number of phenolic OH excluding ortho intramolecular Hbond substituents is 5. The molecule has 8 heteroatoms. The van der Waals surface area contributed by atoms with Crippen molar-refractivity contribution in [3.8, 4) is 34.5 Å². The summed E-state index contributed by atoms with van der Waals surface area (Å²) in [6.07, 6.45) is 3.74. The number of hydrogen-bond donors (Lipinski definition) is 5. The van der Waals surface area contributed by atoms with Crippen molar-refractivity contribution in [2.24, 2.45) is 0 Å². The molecule has 0 saturated carbocycles. The molecule has 35 heavy (non-hydrogen) atoms. The first-order valence-electron chi connectivity index (χ1n) is 12.0. The number of methoxy groups -OCH3 is 1. The summed E-state index contributed by atoms with van der Waals surface area (Å²) in [5, 5.41) is 53.9. The Labute approximate surface area is 205 Å². The lowest BCUT2D eigenvalue weighted by molar-refractivity contribution is 0.0965. The SMILES string of the molecule is CCCCCCC(=O)c1c(O)c(C)c(O)c(Cc2c(O)c(C)c(OC)c(C(=O)CCC)c2O)c1O. The van der Waals surface area contributed by atoms with E-state index in [1.807, 2.05) is 13.8 Å². The summed E-state index contributed by atoms with van der Waals surface area (Å²) in [6.45, 7) is 6.78. The first-order chi connectivity index (χ1) is 16.5. The van der Waals surface area contributed by atoms with E-state index in [0.717, 1.165) is 19.3 Å². The summed E-state index contributed by atoms with van der Waals surface area (Å²) in [4.78, 5) is 25.6. The monoisotopic (exact) mass is 488 g/mol. The third kappa shape index (κ3) is 5.47. The van der Waals surface area contributed by atoms with Crippen LogP contribution in [0.4, 0.5) is 0 Å². The molecule has 0 spiro atoms. The Kier molecular flexibility index (Phi) is 9.40. The molecule has 5 N–H and O–H groups in total. The second-order valence-corrected chi connectivity index (χ2v) is 8.82. The number of aromatic hydroxyl groups is 5. The van der Waals surface area contributed by atoms with Crippen LogP contribution in [0.5, 0.6) is 34.5 Å². The number of hydrogen-bond acceptors (Lipinski definition) is 8. The summed E-state index contributed by atoms with van der Waals surface area (Å²) in [5.41, 5.74) is -0.469. The van der Waals surface area contributed by atoms with Gasteiger partial charge in [-0.1, -0.05) is 33.1 Å². The quantitative estimate of drug-likeness (QED) is 0.193. The summed E-state index contributed by atoms with van der Waals surface area (Å²) < 4.78 is 5.28. The average Bonchev–Trinajstić information content (AvgIpc) is 2.82. The van der Waals surface area contributed by atoms with Crippen LogP contribution in [-0.2, 0) is 6.42 Å². The number of phenols is 5. The van der Waals surface area contributed by atoms with Gasteiger partial charge in [0.2, 0.25) is 0 Å². The van der Waals surface area contributed by atoms with Crippen molar-refractivity contribution in [2.45, 2.75) is 79.1 Å². The van der Waals surface area contributed by atoms with Crippen LogP contribution in [0.15, 0.2) is 0 Å². The van der Waals surface area contributed by atoms with E-state index >= 15 is 0 Å². The summed E-state index contributed by atoms with van der Waals surface area (Å²) in [5.74, 6) is -3.33. The first kappa shape index (κ1) is 27.8. The van der Waals surface area contributed by atoms with Gasteiger partial charge < -0.3 is 30.3 Å². The molecule has 0 heterocycles. The van der Waals surface area contributed by atoms with E-state index in [-0.39, 0.29) is 63.5 Å². The van der Waals surface area contributed by atoms with Gasteiger partial charge in [0.1, 0.15) is 45.6 Å². The maximum absolute atomic E-state index is 12.8. The summed E-state index contributed by atoms with van der Waals surface area (Å²) in [7, 11) is 1.32. The van der Waals surface area contributed by atoms with Gasteiger partial charge in [0.15, 0.2) is 11.6 Å².